The molecule has 0 unspecified atom stereocenters. The number of nitrogens with zero attached hydrogens (tertiary/aromatic N) is 3. The number of esters is 1. The largest absolute Gasteiger partial charge is 0.465 e. The number of amides is 3. The number of imide groups is 1. The fraction of sp³-hybridized carbons (Fsp3) is 0.0714. The molecule has 40 heavy (non-hydrogen) atoms. The molecule has 0 atom stereocenters. The van der Waals surface area contributed by atoms with Gasteiger partial charge in [0.1, 0.15) is 5.70 Å². The third-order valence-corrected chi connectivity index (χ3v) is 6.25. The van der Waals surface area contributed by atoms with Crippen LogP contribution < -0.4 is 10.9 Å². The summed E-state index contributed by atoms with van der Waals surface area (Å²) in [5.41, 5.74) is 1.47. The van der Waals surface area contributed by atoms with Crippen LogP contribution in [0.2, 0.25) is 0 Å². The SMILES string of the molecule is COC(=O)c1cccc(CN2C(=O)N/C(=C\c3c(-c4ccccc4)[nH]n(-c4ccc([N+](=O)[O-])cc4)c3=O)C2=O)c1. The Hall–Kier alpha value is -5.78. The number of methoxy groups -OCH3 is 1. The molecule has 0 radical (unpaired) electrons. The Bertz CT molecular complexity index is 1740. The van der Waals surface area contributed by atoms with E-state index in [9.17, 15) is 29.3 Å². The second-order valence-corrected chi connectivity index (χ2v) is 8.75. The fourth-order valence-electron chi connectivity index (χ4n) is 4.27. The predicted molar refractivity (Wildman–Crippen MR) is 143 cm³/mol. The monoisotopic (exact) mass is 539 g/mol. The summed E-state index contributed by atoms with van der Waals surface area (Å²) in [5.74, 6) is -1.21. The van der Waals surface area contributed by atoms with Gasteiger partial charge in [0.2, 0.25) is 0 Å². The van der Waals surface area contributed by atoms with Gasteiger partial charge in [-0.05, 0) is 35.9 Å². The molecule has 1 aliphatic rings. The zero-order valence-electron chi connectivity index (χ0n) is 21.0. The topological polar surface area (TPSA) is 157 Å². The first-order chi connectivity index (χ1) is 19.3. The maximum atomic E-state index is 13.5. The van der Waals surface area contributed by atoms with Gasteiger partial charge >= 0.3 is 12.0 Å². The van der Waals surface area contributed by atoms with Crippen LogP contribution in [0.3, 0.4) is 0 Å². The Balaban J connectivity index is 1.52. The zero-order chi connectivity index (χ0) is 28.4. The van der Waals surface area contributed by atoms with E-state index in [-0.39, 0.29) is 29.1 Å². The zero-order valence-corrected chi connectivity index (χ0v) is 21.0. The van der Waals surface area contributed by atoms with Gasteiger partial charge in [-0.2, -0.15) is 0 Å². The highest BCUT2D eigenvalue weighted by atomic mass is 16.6. The van der Waals surface area contributed by atoms with Gasteiger partial charge in [0.15, 0.2) is 0 Å². The molecular weight excluding hydrogens is 518 g/mol. The van der Waals surface area contributed by atoms with E-state index in [1.165, 1.54) is 48.2 Å². The smallest absolute Gasteiger partial charge is 0.337 e. The lowest BCUT2D eigenvalue weighted by molar-refractivity contribution is -0.384. The number of nitrogens with one attached hydrogen (secondary N) is 2. The lowest BCUT2D eigenvalue weighted by Crippen LogP contribution is -2.30. The van der Waals surface area contributed by atoms with Crippen molar-refractivity contribution in [2.75, 3.05) is 7.11 Å². The fourth-order valence-corrected chi connectivity index (χ4v) is 4.27. The summed E-state index contributed by atoms with van der Waals surface area (Å²) in [5, 5.41) is 16.6. The Morgan fingerprint density at radius 1 is 1.00 bits per heavy atom. The summed E-state index contributed by atoms with van der Waals surface area (Å²) in [4.78, 5) is 62.8. The molecule has 3 amide bonds. The van der Waals surface area contributed by atoms with Gasteiger partial charge in [0.05, 0.1) is 41.1 Å². The molecular formula is C28H21N5O7. The van der Waals surface area contributed by atoms with Crippen LogP contribution >= 0.6 is 0 Å². The standard InChI is InChI=1S/C28H21N5O7/c1-40-27(36)19-9-5-6-17(14-19)16-31-26(35)23(29-28(31)37)15-22-24(18-7-3-2-4-8-18)30-32(25(22)34)20-10-12-21(13-11-20)33(38)39/h2-15,30H,16H2,1H3,(H,29,37)/b23-15-. The highest BCUT2D eigenvalue weighted by Gasteiger charge is 2.34. The molecule has 2 N–H and O–H groups in total. The molecule has 3 aromatic carbocycles. The first-order valence-corrected chi connectivity index (χ1v) is 11.9. The number of H-pyrrole nitrogens is 1. The molecule has 2 heterocycles. The number of ether oxygens (including phenoxy) is 1. The van der Waals surface area contributed by atoms with E-state index in [0.29, 0.717) is 22.5 Å². The van der Waals surface area contributed by atoms with Crippen LogP contribution in [0, 0.1) is 10.1 Å². The van der Waals surface area contributed by atoms with E-state index < -0.39 is 28.4 Å². The number of aromatic nitrogens is 2. The van der Waals surface area contributed by atoms with Gasteiger partial charge < -0.3 is 10.1 Å². The molecule has 0 spiro atoms. The van der Waals surface area contributed by atoms with Gasteiger partial charge in [-0.15, -0.1) is 0 Å². The van der Waals surface area contributed by atoms with Crippen molar-refractivity contribution < 1.29 is 24.0 Å². The molecule has 4 aromatic rings. The van der Waals surface area contributed by atoms with E-state index >= 15 is 0 Å². The first kappa shape index (κ1) is 25.9. The van der Waals surface area contributed by atoms with Crippen LogP contribution in [0.5, 0.6) is 0 Å². The number of non-ortho nitro benzene ring substituents is 1. The maximum Gasteiger partial charge on any atom is 0.337 e. The number of carbonyl (C=O) groups excluding carboxylic acids is 3. The lowest BCUT2D eigenvalue weighted by Gasteiger charge is -2.12. The molecule has 0 aliphatic carbocycles. The van der Waals surface area contributed by atoms with Crippen molar-refractivity contribution in [3.8, 4) is 16.9 Å². The summed E-state index contributed by atoms with van der Waals surface area (Å²) >= 11 is 0. The third kappa shape index (κ3) is 4.88. The van der Waals surface area contributed by atoms with Crippen LogP contribution in [-0.4, -0.2) is 44.6 Å². The average Bonchev–Trinajstić information content (AvgIpc) is 3.44. The minimum Gasteiger partial charge on any atom is -0.465 e. The normalized spacial score (nSPS) is 13.9. The predicted octanol–water partition coefficient (Wildman–Crippen LogP) is 3.62. The van der Waals surface area contributed by atoms with Gasteiger partial charge in [-0.3, -0.25) is 29.7 Å². The molecule has 1 saturated heterocycles. The molecule has 5 rings (SSSR count). The van der Waals surface area contributed by atoms with Gasteiger partial charge in [0.25, 0.3) is 17.2 Å². The number of rotatable bonds is 7. The van der Waals surface area contributed by atoms with Crippen LogP contribution in [0.25, 0.3) is 23.0 Å². The van der Waals surface area contributed by atoms with Gasteiger partial charge in [-0.1, -0.05) is 42.5 Å². The third-order valence-electron chi connectivity index (χ3n) is 6.25. The van der Waals surface area contributed by atoms with Crippen molar-refractivity contribution in [2.45, 2.75) is 6.54 Å². The van der Waals surface area contributed by atoms with E-state index in [0.717, 1.165) is 4.90 Å². The second kappa shape index (κ2) is 10.5. The summed E-state index contributed by atoms with van der Waals surface area (Å²) in [7, 11) is 1.25. The molecule has 1 aromatic heterocycles. The molecule has 200 valence electrons. The molecule has 12 heteroatoms. The summed E-state index contributed by atoms with van der Waals surface area (Å²) in [6.07, 6.45) is 1.30. The lowest BCUT2D eigenvalue weighted by atomic mass is 10.1. The number of carbonyl (C=O) groups is 3. The summed E-state index contributed by atoms with van der Waals surface area (Å²) in [6, 6.07) is 20.0. The Morgan fingerprint density at radius 2 is 1.73 bits per heavy atom. The number of aromatic amines is 1. The maximum absolute atomic E-state index is 13.5. The summed E-state index contributed by atoms with van der Waals surface area (Å²) < 4.78 is 5.93. The van der Waals surface area contributed by atoms with Crippen molar-refractivity contribution in [1.29, 1.82) is 0 Å². The number of hydrogen-bond acceptors (Lipinski definition) is 7. The highest BCUT2D eigenvalue weighted by Crippen LogP contribution is 2.25. The number of benzene rings is 3. The number of nitro groups is 1. The van der Waals surface area contributed by atoms with E-state index in [2.05, 4.69) is 10.4 Å². The van der Waals surface area contributed by atoms with Crippen molar-refractivity contribution in [3.05, 3.63) is 122 Å². The van der Waals surface area contributed by atoms with Crippen molar-refractivity contribution in [3.63, 3.8) is 0 Å². The van der Waals surface area contributed by atoms with E-state index in [4.69, 9.17) is 4.74 Å². The molecule has 1 fully saturated rings. The van der Waals surface area contributed by atoms with E-state index in [1.807, 2.05) is 0 Å². The molecule has 1 aliphatic heterocycles. The second-order valence-electron chi connectivity index (χ2n) is 8.75. The Labute approximate surface area is 226 Å². The minimum atomic E-state index is -0.688. The van der Waals surface area contributed by atoms with Crippen LogP contribution in [-0.2, 0) is 16.1 Å². The van der Waals surface area contributed by atoms with Crippen LogP contribution in [0.4, 0.5) is 10.5 Å². The highest BCUT2D eigenvalue weighted by molar-refractivity contribution is 6.14. The average molecular weight is 540 g/mol. The van der Waals surface area contributed by atoms with Crippen molar-refractivity contribution in [1.82, 2.24) is 20.0 Å². The molecule has 0 saturated carbocycles. The van der Waals surface area contributed by atoms with Gasteiger partial charge in [-0.25, -0.2) is 14.3 Å². The number of nitro benzene ring substituents is 1. The molecule has 0 bridgehead atoms. The summed E-state index contributed by atoms with van der Waals surface area (Å²) in [6.45, 7) is -0.113. The van der Waals surface area contributed by atoms with Gasteiger partial charge in [0, 0.05) is 17.7 Å². The van der Waals surface area contributed by atoms with E-state index in [1.54, 1.807) is 48.5 Å². The quantitative estimate of drug-likeness (QED) is 0.119. The molecule has 12 nitrogen and oxygen atoms in total. The van der Waals surface area contributed by atoms with Crippen LogP contribution in [0.1, 0.15) is 21.5 Å². The minimum absolute atomic E-state index is 0.0998. The Kier molecular flexibility index (Phi) is 6.81. The van der Waals surface area contributed by atoms with Crippen LogP contribution in [0.15, 0.2) is 89.4 Å². The van der Waals surface area contributed by atoms with Crippen molar-refractivity contribution in [2.24, 2.45) is 0 Å². The number of hydrogen-bond donors (Lipinski definition) is 2. The van der Waals surface area contributed by atoms with Crippen molar-refractivity contribution >= 4 is 29.7 Å². The Morgan fingerprint density at radius 3 is 2.40 bits per heavy atom. The first-order valence-electron chi connectivity index (χ1n) is 11.9. The number of urea groups is 1.